The van der Waals surface area contributed by atoms with Gasteiger partial charge in [-0.2, -0.15) is 0 Å². The van der Waals surface area contributed by atoms with Crippen molar-refractivity contribution in [1.82, 2.24) is 0 Å². The summed E-state index contributed by atoms with van der Waals surface area (Å²) in [5, 5.41) is 0. The van der Waals surface area contributed by atoms with Crippen LogP contribution in [0.1, 0.15) is 11.1 Å². The van der Waals surface area contributed by atoms with Crippen LogP contribution in [0.2, 0.25) is 0 Å². The molecule has 0 unspecified atom stereocenters. The van der Waals surface area contributed by atoms with Crippen molar-refractivity contribution >= 4 is 48.0 Å². The van der Waals surface area contributed by atoms with Crippen molar-refractivity contribution in [3.63, 3.8) is 0 Å². The van der Waals surface area contributed by atoms with Crippen LogP contribution in [0.25, 0.3) is 0 Å². The van der Waals surface area contributed by atoms with Gasteiger partial charge in [-0.1, -0.05) is 0 Å². The fourth-order valence-corrected chi connectivity index (χ4v) is 4.46. The molecule has 1 aromatic carbocycles. The molecule has 0 radical (unpaired) electrons. The second kappa shape index (κ2) is 6.84. The van der Waals surface area contributed by atoms with Crippen molar-refractivity contribution < 1.29 is 27.0 Å². The molecule has 0 spiro atoms. The molecule has 1 rings (SSSR count). The van der Waals surface area contributed by atoms with E-state index in [1.54, 1.807) is 0 Å². The van der Waals surface area contributed by atoms with Gasteiger partial charge in [0.05, 0.1) is 0 Å². The fourth-order valence-electron chi connectivity index (χ4n) is 0.810. The average molecular weight is 446 g/mol. The summed E-state index contributed by atoms with van der Waals surface area (Å²) in [5.74, 6) is 0. The summed E-state index contributed by atoms with van der Waals surface area (Å²) in [6.45, 7) is 0. The molecule has 0 aliphatic rings. The summed E-state index contributed by atoms with van der Waals surface area (Å²) >= 11 is -3.43. The molecule has 0 amide bonds. The van der Waals surface area contributed by atoms with Crippen LogP contribution < -0.4 is 0 Å². The molecular formula is C8H6Cl4Ru2. The van der Waals surface area contributed by atoms with Crippen LogP contribution in [0.15, 0.2) is 24.3 Å². The molecule has 0 aliphatic heterocycles. The first-order valence-electron chi connectivity index (χ1n) is 3.34. The fraction of sp³-hybridized carbons (Fsp3) is 0. The molecule has 0 atom stereocenters. The van der Waals surface area contributed by atoms with Gasteiger partial charge >= 0.3 is 110 Å². The Bertz CT molecular complexity index is 324. The third kappa shape index (κ3) is 5.45. The van der Waals surface area contributed by atoms with E-state index >= 15 is 0 Å². The second-order valence-electron chi connectivity index (χ2n) is 2.28. The van der Waals surface area contributed by atoms with E-state index in [2.05, 4.69) is 0 Å². The quantitative estimate of drug-likeness (QED) is 0.607. The third-order valence-corrected chi connectivity index (χ3v) is 5.07. The molecule has 6 heteroatoms. The number of halogens is 4. The summed E-state index contributed by atoms with van der Waals surface area (Å²) in [4.78, 5) is 0. The van der Waals surface area contributed by atoms with E-state index in [0.717, 1.165) is 11.1 Å². The Labute approximate surface area is 109 Å². The van der Waals surface area contributed by atoms with E-state index in [4.69, 9.17) is 38.8 Å². The maximum atomic E-state index is 5.75. The van der Waals surface area contributed by atoms with Crippen molar-refractivity contribution in [2.24, 2.45) is 0 Å². The predicted molar refractivity (Wildman–Crippen MR) is 60.2 cm³/mol. The van der Waals surface area contributed by atoms with Crippen molar-refractivity contribution in [3.8, 4) is 0 Å². The Balaban J connectivity index is 2.89. The van der Waals surface area contributed by atoms with Gasteiger partial charge in [-0.05, 0) is 0 Å². The van der Waals surface area contributed by atoms with E-state index in [9.17, 15) is 0 Å². The van der Waals surface area contributed by atoms with Crippen molar-refractivity contribution in [2.45, 2.75) is 0 Å². The topological polar surface area (TPSA) is 0 Å². The minimum atomic E-state index is -1.71. The van der Waals surface area contributed by atoms with Gasteiger partial charge in [-0.3, -0.25) is 0 Å². The first-order chi connectivity index (χ1) is 6.58. The molecule has 1 aromatic rings. The van der Waals surface area contributed by atoms with Crippen molar-refractivity contribution in [3.05, 3.63) is 35.4 Å². The molecule has 82 valence electrons. The zero-order valence-corrected chi connectivity index (χ0v) is 13.2. The van der Waals surface area contributed by atoms with Gasteiger partial charge in [0.2, 0.25) is 0 Å². The molecule has 0 saturated heterocycles. The van der Waals surface area contributed by atoms with E-state index in [-0.39, 0.29) is 0 Å². The normalized spacial score (nSPS) is 12.0. The Hall–Kier alpha value is 1.37. The molecule has 0 fully saturated rings. The number of benzene rings is 1. The Morgan fingerprint density at radius 1 is 0.714 bits per heavy atom. The molecule has 0 bridgehead atoms. The van der Waals surface area contributed by atoms with Gasteiger partial charge in [0, 0.05) is 0 Å². The van der Waals surface area contributed by atoms with E-state index in [0.29, 0.717) is 0 Å². The summed E-state index contributed by atoms with van der Waals surface area (Å²) in [6.07, 6.45) is 0. The molecule has 0 aliphatic carbocycles. The van der Waals surface area contributed by atoms with Crippen LogP contribution in [0.5, 0.6) is 0 Å². The number of hydrogen-bond acceptors (Lipinski definition) is 0. The summed E-state index contributed by atoms with van der Waals surface area (Å²) < 4.78 is 3.79. The first kappa shape index (κ1) is 13.4. The van der Waals surface area contributed by atoms with Crippen molar-refractivity contribution in [2.75, 3.05) is 0 Å². The minimum absolute atomic E-state index is 1.05. The van der Waals surface area contributed by atoms with Gasteiger partial charge in [0.25, 0.3) is 0 Å². The van der Waals surface area contributed by atoms with E-state index < -0.39 is 27.0 Å². The summed E-state index contributed by atoms with van der Waals surface area (Å²) in [5.41, 5.74) is 2.10. The van der Waals surface area contributed by atoms with Crippen LogP contribution in [-0.4, -0.2) is 9.22 Å². The summed E-state index contributed by atoms with van der Waals surface area (Å²) in [7, 11) is 23.0. The number of hydrogen-bond donors (Lipinski definition) is 0. The number of rotatable bonds is 2. The van der Waals surface area contributed by atoms with Gasteiger partial charge in [0.15, 0.2) is 0 Å². The first-order valence-corrected chi connectivity index (χ1v) is 14.3. The van der Waals surface area contributed by atoms with Gasteiger partial charge in [-0.15, -0.1) is 0 Å². The van der Waals surface area contributed by atoms with Gasteiger partial charge < -0.3 is 0 Å². The van der Waals surface area contributed by atoms with Crippen LogP contribution in [-0.2, 0) is 27.0 Å². The average Bonchev–Trinajstić information content (AvgIpc) is 2.06. The Morgan fingerprint density at radius 2 is 1.00 bits per heavy atom. The van der Waals surface area contributed by atoms with Gasteiger partial charge in [0.1, 0.15) is 0 Å². The van der Waals surface area contributed by atoms with Crippen LogP contribution >= 0.6 is 38.8 Å². The molecule has 0 aromatic heterocycles. The standard InChI is InChI=1S/C8H6.4ClH.2Ru/c1-7-3-5-8(2)6-4-7;;;;;;/h1-6H;4*1H;;/q;;;;;2*+2/p-4. The molecular weight excluding hydrogens is 440 g/mol. The SMILES string of the molecule is [Cl][Ru]([Cl])=[CH]c1ccc([CH]=[Ru]([Cl])[Cl])cc1. The molecule has 0 saturated carbocycles. The molecule has 0 heterocycles. The molecule has 14 heavy (non-hydrogen) atoms. The Kier molecular flexibility index (Phi) is 6.57. The maximum absolute atomic E-state index is 5.75. The molecule has 0 N–H and O–H groups in total. The third-order valence-electron chi connectivity index (χ3n) is 1.33. The zero-order valence-electron chi connectivity index (χ0n) is 6.68. The van der Waals surface area contributed by atoms with Gasteiger partial charge in [-0.25, -0.2) is 0 Å². The van der Waals surface area contributed by atoms with Crippen LogP contribution in [0.4, 0.5) is 0 Å². The summed E-state index contributed by atoms with van der Waals surface area (Å²) in [6, 6.07) is 7.85. The predicted octanol–water partition coefficient (Wildman–Crippen LogP) is 3.84. The van der Waals surface area contributed by atoms with E-state index in [1.165, 1.54) is 0 Å². The van der Waals surface area contributed by atoms with Crippen LogP contribution in [0, 0.1) is 0 Å². The molecule has 0 nitrogen and oxygen atoms in total. The Morgan fingerprint density at radius 3 is 1.21 bits per heavy atom. The monoisotopic (exact) mass is 446 g/mol. The van der Waals surface area contributed by atoms with Crippen LogP contribution in [0.3, 0.4) is 0 Å². The van der Waals surface area contributed by atoms with Crippen molar-refractivity contribution in [1.29, 1.82) is 0 Å². The van der Waals surface area contributed by atoms with E-state index in [1.807, 2.05) is 33.5 Å². The second-order valence-corrected chi connectivity index (χ2v) is 13.7. The zero-order chi connectivity index (χ0) is 10.6.